The number of rotatable bonds is 5. The van der Waals surface area contributed by atoms with Crippen molar-refractivity contribution >= 4 is 23.4 Å². The van der Waals surface area contributed by atoms with E-state index < -0.39 is 11.0 Å². The Balaban J connectivity index is 2.65. The van der Waals surface area contributed by atoms with E-state index in [-0.39, 0.29) is 30.4 Å². The summed E-state index contributed by atoms with van der Waals surface area (Å²) in [6.45, 7) is 0.475. The molecule has 92 valence electrons. The number of nitro groups is 1. The van der Waals surface area contributed by atoms with Crippen LogP contribution in [0.4, 0.5) is 22.1 Å². The third kappa shape index (κ3) is 3.81. The lowest BCUT2D eigenvalue weighted by atomic mass is 10.3. The molecule has 0 unspecified atom stereocenters. The number of anilines is 2. The van der Waals surface area contributed by atoms with Gasteiger partial charge in [-0.05, 0) is 6.07 Å². The van der Waals surface area contributed by atoms with Crippen LogP contribution in [0.5, 0.6) is 0 Å². The first-order chi connectivity index (χ1) is 8.00. The third-order valence-electron chi connectivity index (χ3n) is 1.81. The van der Waals surface area contributed by atoms with Crippen molar-refractivity contribution in [2.45, 2.75) is 0 Å². The molecule has 0 aliphatic carbocycles. The summed E-state index contributed by atoms with van der Waals surface area (Å²) >= 11 is 0. The van der Waals surface area contributed by atoms with E-state index in [4.69, 9.17) is 11.5 Å². The highest BCUT2D eigenvalue weighted by Gasteiger charge is 2.14. The molecule has 0 aliphatic heterocycles. The molecule has 17 heavy (non-hydrogen) atoms. The lowest BCUT2D eigenvalue weighted by molar-refractivity contribution is -0.384. The van der Waals surface area contributed by atoms with Gasteiger partial charge in [0.1, 0.15) is 5.82 Å². The number of pyridine rings is 1. The van der Waals surface area contributed by atoms with E-state index in [0.717, 1.165) is 0 Å². The first-order valence-electron chi connectivity index (χ1n) is 4.69. The van der Waals surface area contributed by atoms with Crippen LogP contribution >= 0.6 is 0 Å². The molecule has 0 aromatic carbocycles. The number of hydrogen-bond donors (Lipinski definition) is 4. The van der Waals surface area contributed by atoms with Crippen LogP contribution < -0.4 is 22.1 Å². The molecule has 0 aliphatic rings. The van der Waals surface area contributed by atoms with Gasteiger partial charge in [-0.3, -0.25) is 10.1 Å². The fourth-order valence-corrected chi connectivity index (χ4v) is 1.11. The summed E-state index contributed by atoms with van der Waals surface area (Å²) in [7, 11) is 0. The molecule has 0 saturated carbocycles. The lowest BCUT2D eigenvalue weighted by Gasteiger charge is -2.06. The zero-order valence-corrected chi connectivity index (χ0v) is 8.84. The number of aromatic nitrogens is 1. The minimum absolute atomic E-state index is 0.0567. The van der Waals surface area contributed by atoms with Crippen LogP contribution in [-0.2, 0) is 0 Å². The second kappa shape index (κ2) is 5.49. The number of carbonyl (C=O) groups excluding carboxylic acids is 1. The molecule has 0 atom stereocenters. The van der Waals surface area contributed by atoms with E-state index in [1.165, 1.54) is 12.1 Å². The average Bonchev–Trinajstić information content (AvgIpc) is 2.23. The number of carbonyl (C=O) groups is 1. The molecular formula is C8H12N6O3. The van der Waals surface area contributed by atoms with Gasteiger partial charge in [-0.1, -0.05) is 0 Å². The zero-order chi connectivity index (χ0) is 12.8. The minimum Gasteiger partial charge on any atom is -0.384 e. The van der Waals surface area contributed by atoms with E-state index in [1.54, 1.807) is 0 Å². The van der Waals surface area contributed by atoms with Crippen LogP contribution in [0.15, 0.2) is 12.1 Å². The first-order valence-corrected chi connectivity index (χ1v) is 4.69. The molecule has 0 radical (unpaired) electrons. The maximum atomic E-state index is 10.7. The van der Waals surface area contributed by atoms with Gasteiger partial charge < -0.3 is 22.1 Å². The Bertz CT molecular complexity index is 435. The molecule has 1 heterocycles. The van der Waals surface area contributed by atoms with E-state index in [0.29, 0.717) is 0 Å². The summed E-state index contributed by atoms with van der Waals surface area (Å²) < 4.78 is 0. The van der Waals surface area contributed by atoms with Crippen LogP contribution in [0.1, 0.15) is 0 Å². The van der Waals surface area contributed by atoms with Crippen molar-refractivity contribution in [3.8, 4) is 0 Å². The van der Waals surface area contributed by atoms with Gasteiger partial charge >= 0.3 is 11.7 Å². The van der Waals surface area contributed by atoms with Crippen molar-refractivity contribution in [3.63, 3.8) is 0 Å². The number of nitrogens with one attached hydrogen (secondary N) is 2. The largest absolute Gasteiger partial charge is 0.384 e. The normalized spacial score (nSPS) is 9.65. The second-order valence-corrected chi connectivity index (χ2v) is 3.08. The Kier molecular flexibility index (Phi) is 4.03. The summed E-state index contributed by atoms with van der Waals surface area (Å²) in [6.07, 6.45) is 0. The molecule has 0 spiro atoms. The van der Waals surface area contributed by atoms with Crippen molar-refractivity contribution in [2.24, 2.45) is 5.73 Å². The molecule has 0 saturated heterocycles. The van der Waals surface area contributed by atoms with Gasteiger partial charge in [0.15, 0.2) is 0 Å². The molecule has 1 rings (SSSR count). The van der Waals surface area contributed by atoms with E-state index in [9.17, 15) is 14.9 Å². The Morgan fingerprint density at radius 1 is 1.47 bits per heavy atom. The van der Waals surface area contributed by atoms with Gasteiger partial charge in [-0.15, -0.1) is 0 Å². The summed E-state index contributed by atoms with van der Waals surface area (Å²) in [4.78, 5) is 24.3. The third-order valence-corrected chi connectivity index (χ3v) is 1.81. The van der Waals surface area contributed by atoms with Crippen molar-refractivity contribution in [3.05, 3.63) is 22.2 Å². The Hall–Kier alpha value is -2.58. The molecule has 0 fully saturated rings. The van der Waals surface area contributed by atoms with Gasteiger partial charge in [0.25, 0.3) is 0 Å². The number of nitrogen functional groups attached to an aromatic ring is 1. The summed E-state index contributed by atoms with van der Waals surface area (Å²) in [5.74, 6) is 0.224. The zero-order valence-electron chi connectivity index (χ0n) is 8.84. The van der Waals surface area contributed by atoms with Crippen LogP contribution in [-0.4, -0.2) is 29.0 Å². The number of urea groups is 1. The maximum absolute atomic E-state index is 10.7. The van der Waals surface area contributed by atoms with Gasteiger partial charge in [-0.25, -0.2) is 9.78 Å². The summed E-state index contributed by atoms with van der Waals surface area (Å²) in [5, 5.41) is 15.7. The number of hydrogen-bond acceptors (Lipinski definition) is 6. The second-order valence-electron chi connectivity index (χ2n) is 3.08. The monoisotopic (exact) mass is 240 g/mol. The number of nitrogens with two attached hydrogens (primary N) is 2. The fourth-order valence-electron chi connectivity index (χ4n) is 1.11. The molecule has 6 N–H and O–H groups in total. The molecule has 1 aromatic heterocycles. The fraction of sp³-hybridized carbons (Fsp3) is 0.250. The predicted molar refractivity (Wildman–Crippen MR) is 61.4 cm³/mol. The van der Waals surface area contributed by atoms with Crippen LogP contribution in [0, 0.1) is 10.1 Å². The van der Waals surface area contributed by atoms with Crippen molar-refractivity contribution < 1.29 is 9.72 Å². The summed E-state index contributed by atoms with van der Waals surface area (Å²) in [6, 6.07) is 1.93. The first kappa shape index (κ1) is 12.5. The predicted octanol–water partition coefficient (Wildman–Crippen LogP) is -0.348. The Morgan fingerprint density at radius 2 is 2.18 bits per heavy atom. The Labute approximate surface area is 96.3 Å². The maximum Gasteiger partial charge on any atom is 0.312 e. The van der Waals surface area contributed by atoms with Gasteiger partial charge in [0.2, 0.25) is 5.82 Å². The van der Waals surface area contributed by atoms with Gasteiger partial charge in [0.05, 0.1) is 4.92 Å². The van der Waals surface area contributed by atoms with Crippen LogP contribution in [0.3, 0.4) is 0 Å². The highest BCUT2D eigenvalue weighted by Crippen LogP contribution is 2.22. The quantitative estimate of drug-likeness (QED) is 0.314. The van der Waals surface area contributed by atoms with Crippen molar-refractivity contribution in [2.75, 3.05) is 24.1 Å². The topological polar surface area (TPSA) is 149 Å². The highest BCUT2D eigenvalue weighted by atomic mass is 16.6. The van der Waals surface area contributed by atoms with Crippen LogP contribution in [0.2, 0.25) is 0 Å². The number of nitrogens with zero attached hydrogens (tertiary/aromatic N) is 2. The van der Waals surface area contributed by atoms with E-state index in [2.05, 4.69) is 15.6 Å². The van der Waals surface area contributed by atoms with E-state index >= 15 is 0 Å². The summed E-state index contributed by atoms with van der Waals surface area (Å²) in [5.41, 5.74) is 10.1. The Morgan fingerprint density at radius 3 is 2.76 bits per heavy atom. The number of primary amides is 1. The van der Waals surface area contributed by atoms with Gasteiger partial charge in [-0.2, -0.15) is 0 Å². The molecule has 0 bridgehead atoms. The van der Waals surface area contributed by atoms with E-state index in [1.807, 2.05) is 0 Å². The molecule has 2 amide bonds. The average molecular weight is 240 g/mol. The van der Waals surface area contributed by atoms with Crippen molar-refractivity contribution in [1.29, 1.82) is 0 Å². The smallest absolute Gasteiger partial charge is 0.312 e. The molecule has 1 aromatic rings. The molecule has 9 heteroatoms. The van der Waals surface area contributed by atoms with Crippen molar-refractivity contribution in [1.82, 2.24) is 10.3 Å². The standard InChI is InChI=1S/C8H12N6O3/c9-6-2-1-5(14(16)17)7(13-6)11-3-4-12-8(10)15/h1-2H,3-4H2,(H3,9,11,13)(H3,10,12,15). The van der Waals surface area contributed by atoms with Crippen LogP contribution in [0.25, 0.3) is 0 Å². The minimum atomic E-state index is -0.665. The van der Waals surface area contributed by atoms with Gasteiger partial charge in [0, 0.05) is 19.2 Å². The SMILES string of the molecule is NC(=O)NCCNc1nc(N)ccc1[N+](=O)[O-]. The highest BCUT2D eigenvalue weighted by molar-refractivity contribution is 5.71. The number of amides is 2. The lowest BCUT2D eigenvalue weighted by Crippen LogP contribution is -2.33. The molecule has 9 nitrogen and oxygen atoms in total. The molecular weight excluding hydrogens is 228 g/mol.